The standard InChI is InChI=1S/C18H18N2O4S/c21-14-9-12(3-1-4-13-5-2-8-25-13)15-16(24-14)19-18(23)20(17(15)22)10-11-6-7-11/h2,5,8-9,11H,1,3-4,6-7,10H2,(H,19,23). The maximum Gasteiger partial charge on any atom is 0.337 e. The zero-order valence-corrected chi connectivity index (χ0v) is 14.4. The predicted octanol–water partition coefficient (Wildman–Crippen LogP) is 2.29. The lowest BCUT2D eigenvalue weighted by molar-refractivity contribution is 0.527. The van der Waals surface area contributed by atoms with Gasteiger partial charge >= 0.3 is 11.3 Å². The molecule has 0 saturated heterocycles. The van der Waals surface area contributed by atoms with Crippen LogP contribution >= 0.6 is 11.3 Å². The number of thiophene rings is 1. The first kappa shape index (κ1) is 16.1. The molecule has 1 aliphatic carbocycles. The molecule has 0 aromatic carbocycles. The van der Waals surface area contributed by atoms with Crippen LogP contribution in [0.15, 0.2) is 42.4 Å². The quantitative estimate of drug-likeness (QED) is 0.733. The molecule has 0 bridgehead atoms. The van der Waals surface area contributed by atoms with Crippen LogP contribution < -0.4 is 16.9 Å². The fourth-order valence-corrected chi connectivity index (χ4v) is 3.84. The maximum absolute atomic E-state index is 12.8. The topological polar surface area (TPSA) is 85.1 Å². The van der Waals surface area contributed by atoms with Crippen LogP contribution in [0.5, 0.6) is 0 Å². The maximum atomic E-state index is 12.8. The minimum absolute atomic E-state index is 0.0133. The Morgan fingerprint density at radius 2 is 2.08 bits per heavy atom. The molecule has 1 fully saturated rings. The molecule has 3 heterocycles. The van der Waals surface area contributed by atoms with Gasteiger partial charge in [0.05, 0.1) is 0 Å². The number of hydrogen-bond donors (Lipinski definition) is 1. The molecule has 0 aliphatic heterocycles. The molecule has 7 heteroatoms. The van der Waals surface area contributed by atoms with Crippen LogP contribution in [0.4, 0.5) is 0 Å². The van der Waals surface area contributed by atoms with Gasteiger partial charge in [0.2, 0.25) is 5.71 Å². The second kappa shape index (κ2) is 6.48. The van der Waals surface area contributed by atoms with Crippen LogP contribution in [0, 0.1) is 5.92 Å². The molecular weight excluding hydrogens is 340 g/mol. The second-order valence-corrected chi connectivity index (χ2v) is 7.55. The molecule has 1 N–H and O–H groups in total. The first-order valence-electron chi connectivity index (χ1n) is 8.44. The van der Waals surface area contributed by atoms with Gasteiger partial charge in [0, 0.05) is 17.5 Å². The molecule has 6 nitrogen and oxygen atoms in total. The molecule has 1 aliphatic rings. The SMILES string of the molecule is O=c1cc(CCCc2cccs2)c2c(=O)n(CC3CC3)c(=O)[nH]c2o1. The van der Waals surface area contributed by atoms with Crippen molar-refractivity contribution in [1.82, 2.24) is 9.55 Å². The first-order chi connectivity index (χ1) is 12.1. The van der Waals surface area contributed by atoms with Crippen molar-refractivity contribution in [3.63, 3.8) is 0 Å². The van der Waals surface area contributed by atoms with E-state index >= 15 is 0 Å². The lowest BCUT2D eigenvalue weighted by Gasteiger charge is -2.08. The highest BCUT2D eigenvalue weighted by Crippen LogP contribution is 2.29. The summed E-state index contributed by atoms with van der Waals surface area (Å²) in [5.41, 5.74) is -0.785. The summed E-state index contributed by atoms with van der Waals surface area (Å²) in [6.07, 6.45) is 4.38. The molecule has 0 radical (unpaired) electrons. The predicted molar refractivity (Wildman–Crippen MR) is 96.4 cm³/mol. The highest BCUT2D eigenvalue weighted by atomic mass is 32.1. The van der Waals surface area contributed by atoms with E-state index in [0.717, 1.165) is 25.7 Å². The van der Waals surface area contributed by atoms with Crippen molar-refractivity contribution < 1.29 is 4.42 Å². The van der Waals surface area contributed by atoms with E-state index in [0.29, 0.717) is 29.8 Å². The molecular formula is C18H18N2O4S. The molecule has 130 valence electrons. The van der Waals surface area contributed by atoms with E-state index in [9.17, 15) is 14.4 Å². The number of aromatic nitrogens is 2. The van der Waals surface area contributed by atoms with E-state index in [1.165, 1.54) is 15.5 Å². The Morgan fingerprint density at radius 3 is 2.80 bits per heavy atom. The van der Waals surface area contributed by atoms with Gasteiger partial charge in [0.1, 0.15) is 5.39 Å². The van der Waals surface area contributed by atoms with Crippen molar-refractivity contribution in [2.45, 2.75) is 38.6 Å². The second-order valence-electron chi connectivity index (χ2n) is 6.52. The summed E-state index contributed by atoms with van der Waals surface area (Å²) in [6.45, 7) is 0.428. The average molecular weight is 358 g/mol. The summed E-state index contributed by atoms with van der Waals surface area (Å²) >= 11 is 1.69. The van der Waals surface area contributed by atoms with Crippen molar-refractivity contribution in [2.75, 3.05) is 0 Å². The largest absolute Gasteiger partial charge is 0.405 e. The van der Waals surface area contributed by atoms with E-state index in [1.54, 1.807) is 11.3 Å². The highest BCUT2D eigenvalue weighted by molar-refractivity contribution is 7.09. The number of hydrogen-bond acceptors (Lipinski definition) is 5. The Labute approximate surface area is 146 Å². The summed E-state index contributed by atoms with van der Waals surface area (Å²) < 4.78 is 6.31. The lowest BCUT2D eigenvalue weighted by atomic mass is 10.1. The van der Waals surface area contributed by atoms with E-state index in [-0.39, 0.29) is 11.3 Å². The third-order valence-corrected chi connectivity index (χ3v) is 5.49. The number of nitrogens with one attached hydrogen (secondary N) is 1. The van der Waals surface area contributed by atoms with Gasteiger partial charge in [0.25, 0.3) is 5.56 Å². The van der Waals surface area contributed by atoms with Crippen LogP contribution in [-0.4, -0.2) is 9.55 Å². The van der Waals surface area contributed by atoms with Crippen LogP contribution in [0.25, 0.3) is 11.1 Å². The van der Waals surface area contributed by atoms with Crippen LogP contribution in [-0.2, 0) is 19.4 Å². The van der Waals surface area contributed by atoms with E-state index in [2.05, 4.69) is 11.1 Å². The van der Waals surface area contributed by atoms with Gasteiger partial charge in [-0.15, -0.1) is 11.3 Å². The zero-order chi connectivity index (χ0) is 17.4. The Balaban J connectivity index is 1.72. The van der Waals surface area contributed by atoms with Gasteiger partial charge in [-0.1, -0.05) is 6.07 Å². The highest BCUT2D eigenvalue weighted by Gasteiger charge is 2.24. The fraction of sp³-hybridized carbons (Fsp3) is 0.389. The van der Waals surface area contributed by atoms with Crippen molar-refractivity contribution in [2.24, 2.45) is 5.92 Å². The number of fused-ring (bicyclic) bond motifs is 1. The van der Waals surface area contributed by atoms with Crippen molar-refractivity contribution >= 4 is 22.4 Å². The van der Waals surface area contributed by atoms with Gasteiger partial charge < -0.3 is 4.42 Å². The van der Waals surface area contributed by atoms with Crippen molar-refractivity contribution in [3.8, 4) is 0 Å². The number of aryl methyl sites for hydroxylation is 2. The number of rotatable bonds is 6. The third-order valence-electron chi connectivity index (χ3n) is 4.55. The van der Waals surface area contributed by atoms with E-state index < -0.39 is 11.3 Å². The molecule has 0 atom stereocenters. The Bertz CT molecular complexity index is 1070. The first-order valence-corrected chi connectivity index (χ1v) is 9.32. The normalized spacial score (nSPS) is 14.2. The van der Waals surface area contributed by atoms with Crippen LogP contribution in [0.2, 0.25) is 0 Å². The van der Waals surface area contributed by atoms with Gasteiger partial charge in [-0.05, 0) is 55.0 Å². The minimum Gasteiger partial charge on any atom is -0.405 e. The Kier molecular flexibility index (Phi) is 4.17. The van der Waals surface area contributed by atoms with Gasteiger partial charge in [-0.3, -0.25) is 14.3 Å². The van der Waals surface area contributed by atoms with Gasteiger partial charge in [-0.2, -0.15) is 0 Å². The molecule has 0 spiro atoms. The third kappa shape index (κ3) is 3.37. The Hall–Kier alpha value is -2.41. The zero-order valence-electron chi connectivity index (χ0n) is 13.6. The Morgan fingerprint density at radius 1 is 1.24 bits per heavy atom. The average Bonchev–Trinajstić information content (AvgIpc) is 3.24. The fourth-order valence-electron chi connectivity index (χ4n) is 3.09. The summed E-state index contributed by atoms with van der Waals surface area (Å²) in [5.74, 6) is 0.397. The van der Waals surface area contributed by atoms with Gasteiger partial charge in [0.15, 0.2) is 0 Å². The summed E-state index contributed by atoms with van der Waals surface area (Å²) in [6, 6.07) is 5.45. The lowest BCUT2D eigenvalue weighted by Crippen LogP contribution is -2.36. The smallest absolute Gasteiger partial charge is 0.337 e. The molecule has 0 unspecified atom stereocenters. The van der Waals surface area contributed by atoms with Crippen molar-refractivity contribution in [3.05, 3.63) is 65.3 Å². The molecule has 3 aromatic rings. The van der Waals surface area contributed by atoms with Crippen molar-refractivity contribution in [1.29, 1.82) is 0 Å². The van der Waals surface area contributed by atoms with E-state index in [1.807, 2.05) is 11.4 Å². The summed E-state index contributed by atoms with van der Waals surface area (Å²) in [5, 5.41) is 2.36. The van der Waals surface area contributed by atoms with Gasteiger partial charge in [-0.25, -0.2) is 9.59 Å². The number of nitrogens with zero attached hydrogens (tertiary/aromatic N) is 1. The molecule has 3 aromatic heterocycles. The minimum atomic E-state index is -0.548. The molecule has 0 amide bonds. The molecule has 25 heavy (non-hydrogen) atoms. The molecule has 1 saturated carbocycles. The summed E-state index contributed by atoms with van der Waals surface area (Å²) in [7, 11) is 0. The van der Waals surface area contributed by atoms with E-state index in [4.69, 9.17) is 4.42 Å². The summed E-state index contributed by atoms with van der Waals surface area (Å²) in [4.78, 5) is 40.6. The molecule has 4 rings (SSSR count). The number of H-pyrrole nitrogens is 1. The monoisotopic (exact) mass is 358 g/mol. The number of aromatic amines is 1. The van der Waals surface area contributed by atoms with Crippen LogP contribution in [0.3, 0.4) is 0 Å². The van der Waals surface area contributed by atoms with Crippen LogP contribution in [0.1, 0.15) is 29.7 Å².